The lowest BCUT2D eigenvalue weighted by Crippen LogP contribution is -2.35. The van der Waals surface area contributed by atoms with Crippen molar-refractivity contribution in [1.29, 1.82) is 0 Å². The van der Waals surface area contributed by atoms with Crippen LogP contribution in [0.3, 0.4) is 0 Å². The topological polar surface area (TPSA) is 22.3 Å². The van der Waals surface area contributed by atoms with E-state index >= 15 is 0 Å². The second kappa shape index (κ2) is 8.86. The molecule has 27 heavy (non-hydrogen) atoms. The maximum Gasteiger partial charge on any atom is 0.205 e. The van der Waals surface area contributed by atoms with E-state index in [9.17, 15) is 0 Å². The first-order valence-electron chi connectivity index (χ1n) is 8.83. The molecule has 3 nitrogen and oxygen atoms in total. The van der Waals surface area contributed by atoms with Crippen LogP contribution >= 0.6 is 0 Å². The first-order valence-corrected chi connectivity index (χ1v) is 8.83. The molecule has 0 saturated carbocycles. The third-order valence-corrected chi connectivity index (χ3v) is 4.43. The lowest BCUT2D eigenvalue weighted by molar-refractivity contribution is -0.675. The summed E-state index contributed by atoms with van der Waals surface area (Å²) in [7, 11) is 5.42. The summed E-state index contributed by atoms with van der Waals surface area (Å²) in [4.78, 5) is 0. The van der Waals surface area contributed by atoms with Gasteiger partial charge in [-0.1, -0.05) is 24.3 Å². The quantitative estimate of drug-likeness (QED) is 0.587. The molecule has 0 aliphatic carbocycles. The number of hydrogen-bond acceptors (Lipinski definition) is 2. The Morgan fingerprint density at radius 2 is 1.00 bits per heavy atom. The van der Waals surface area contributed by atoms with Crippen LogP contribution in [0.2, 0.25) is 0 Å². The van der Waals surface area contributed by atoms with E-state index in [1.165, 1.54) is 0 Å². The van der Waals surface area contributed by atoms with Gasteiger partial charge in [-0.25, -0.2) is 0 Å². The van der Waals surface area contributed by atoms with E-state index in [1.807, 2.05) is 48.5 Å². The molecule has 0 atom stereocenters. The highest BCUT2D eigenvalue weighted by atomic mass is 16.5. The zero-order chi connectivity index (χ0) is 19.1. The molecule has 0 aliphatic heterocycles. The molecule has 0 saturated heterocycles. The van der Waals surface area contributed by atoms with Crippen LogP contribution in [0, 0.1) is 0 Å². The average Bonchev–Trinajstić information content (AvgIpc) is 2.73. The summed E-state index contributed by atoms with van der Waals surface area (Å²) in [6, 6.07) is 22.3. The molecular weight excluding hydrogens is 334 g/mol. The molecule has 0 radical (unpaired) electrons. The van der Waals surface area contributed by atoms with Crippen molar-refractivity contribution in [1.82, 2.24) is 0 Å². The van der Waals surface area contributed by atoms with E-state index in [2.05, 4.69) is 54.1 Å². The molecule has 1 heterocycles. The molecule has 3 heteroatoms. The fraction of sp³-hybridized carbons (Fsp3) is 0.125. The Morgan fingerprint density at radius 3 is 1.37 bits per heavy atom. The number of benzene rings is 2. The predicted molar refractivity (Wildman–Crippen MR) is 111 cm³/mol. The summed E-state index contributed by atoms with van der Waals surface area (Å²) in [5.74, 6) is 1.73. The van der Waals surface area contributed by atoms with E-state index in [-0.39, 0.29) is 0 Å². The Balaban J connectivity index is 1.78. The molecule has 0 unspecified atom stereocenters. The van der Waals surface area contributed by atoms with Gasteiger partial charge in [0.2, 0.25) is 11.4 Å². The molecule has 0 amide bonds. The zero-order valence-corrected chi connectivity index (χ0v) is 15.9. The minimum atomic E-state index is 0.864. The molecule has 0 bridgehead atoms. The Bertz CT molecular complexity index is 863. The van der Waals surface area contributed by atoms with E-state index in [0.717, 1.165) is 34.0 Å². The standard InChI is InChI=1S/C24H24NO2/c1-25-21(13-7-19-9-15-23(26-2)16-10-19)5-4-6-22(25)14-8-20-11-17-24(27-3)18-12-20/h4-18H,1-3H3/q+1/b13-7-,14-8+. The molecule has 0 fully saturated rings. The maximum absolute atomic E-state index is 5.20. The lowest BCUT2D eigenvalue weighted by atomic mass is 10.1. The van der Waals surface area contributed by atoms with Crippen LogP contribution in [-0.2, 0) is 7.05 Å². The zero-order valence-electron chi connectivity index (χ0n) is 15.9. The van der Waals surface area contributed by atoms with Gasteiger partial charge >= 0.3 is 0 Å². The first-order chi connectivity index (χ1) is 13.2. The normalized spacial score (nSPS) is 11.2. The van der Waals surface area contributed by atoms with Crippen LogP contribution < -0.4 is 14.0 Å². The van der Waals surface area contributed by atoms with Gasteiger partial charge in [-0.2, -0.15) is 4.57 Å². The minimum absolute atomic E-state index is 0.864. The fourth-order valence-corrected chi connectivity index (χ4v) is 2.75. The van der Waals surface area contributed by atoms with Gasteiger partial charge < -0.3 is 9.47 Å². The molecule has 0 aliphatic rings. The van der Waals surface area contributed by atoms with Gasteiger partial charge in [0.15, 0.2) is 0 Å². The number of ether oxygens (including phenoxy) is 2. The van der Waals surface area contributed by atoms with Crippen LogP contribution in [-0.4, -0.2) is 14.2 Å². The van der Waals surface area contributed by atoms with Crippen molar-refractivity contribution < 1.29 is 14.0 Å². The van der Waals surface area contributed by atoms with Crippen molar-refractivity contribution in [2.75, 3.05) is 14.2 Å². The molecule has 0 spiro atoms. The van der Waals surface area contributed by atoms with Crippen LogP contribution in [0.4, 0.5) is 0 Å². The number of rotatable bonds is 6. The summed E-state index contributed by atoms with van der Waals surface area (Å²) in [6.45, 7) is 0. The molecule has 3 aromatic rings. The van der Waals surface area contributed by atoms with E-state index in [1.54, 1.807) is 14.2 Å². The van der Waals surface area contributed by atoms with Gasteiger partial charge in [0.05, 0.1) is 14.2 Å². The largest absolute Gasteiger partial charge is 0.497 e. The first kappa shape index (κ1) is 18.5. The van der Waals surface area contributed by atoms with E-state index in [4.69, 9.17) is 9.47 Å². The van der Waals surface area contributed by atoms with E-state index < -0.39 is 0 Å². The Labute approximate surface area is 160 Å². The monoisotopic (exact) mass is 358 g/mol. The third kappa shape index (κ3) is 4.85. The summed E-state index contributed by atoms with van der Waals surface area (Å²) >= 11 is 0. The van der Waals surface area contributed by atoms with Gasteiger partial charge in [0, 0.05) is 24.3 Å². The summed E-state index contributed by atoms with van der Waals surface area (Å²) < 4.78 is 12.6. The van der Waals surface area contributed by atoms with Crippen LogP contribution in [0.15, 0.2) is 66.7 Å². The predicted octanol–water partition coefficient (Wildman–Crippen LogP) is 4.87. The average molecular weight is 358 g/mol. The summed E-state index contributed by atoms with van der Waals surface area (Å²) in [6.07, 6.45) is 8.44. The number of aromatic nitrogens is 1. The SMILES string of the molecule is COc1ccc(/C=C\c2cccc(/C=C/c3ccc(OC)cc3)[n+]2C)cc1. The molecule has 3 rings (SSSR count). The third-order valence-electron chi connectivity index (χ3n) is 4.43. The number of methoxy groups -OCH3 is 2. The number of nitrogens with zero attached hydrogens (tertiary/aromatic N) is 1. The second-order valence-electron chi connectivity index (χ2n) is 6.15. The lowest BCUT2D eigenvalue weighted by Gasteiger charge is -2.01. The maximum atomic E-state index is 5.20. The smallest absolute Gasteiger partial charge is 0.205 e. The Kier molecular flexibility index (Phi) is 6.06. The highest BCUT2D eigenvalue weighted by Gasteiger charge is 2.07. The van der Waals surface area contributed by atoms with Gasteiger partial charge in [0.1, 0.15) is 18.5 Å². The Morgan fingerprint density at radius 1 is 0.593 bits per heavy atom. The van der Waals surface area contributed by atoms with Crippen LogP contribution in [0.1, 0.15) is 22.5 Å². The van der Waals surface area contributed by atoms with Crippen molar-refractivity contribution in [2.45, 2.75) is 0 Å². The summed E-state index contributed by atoms with van der Waals surface area (Å²) in [5, 5.41) is 0. The summed E-state index contributed by atoms with van der Waals surface area (Å²) in [5.41, 5.74) is 4.52. The van der Waals surface area contributed by atoms with Crippen molar-refractivity contribution in [2.24, 2.45) is 7.05 Å². The molecule has 0 N–H and O–H groups in total. The van der Waals surface area contributed by atoms with Gasteiger partial charge in [-0.15, -0.1) is 0 Å². The Hall–Kier alpha value is -3.33. The van der Waals surface area contributed by atoms with Crippen LogP contribution in [0.25, 0.3) is 24.3 Å². The van der Waals surface area contributed by atoms with Crippen LogP contribution in [0.5, 0.6) is 11.5 Å². The fourth-order valence-electron chi connectivity index (χ4n) is 2.75. The molecular formula is C24H24NO2+. The van der Waals surface area contributed by atoms with E-state index in [0.29, 0.717) is 0 Å². The van der Waals surface area contributed by atoms with Crippen molar-refractivity contribution in [3.05, 3.63) is 89.2 Å². The van der Waals surface area contributed by atoms with Crippen molar-refractivity contribution in [3.63, 3.8) is 0 Å². The van der Waals surface area contributed by atoms with Crippen molar-refractivity contribution >= 4 is 24.3 Å². The minimum Gasteiger partial charge on any atom is -0.497 e. The second-order valence-corrected chi connectivity index (χ2v) is 6.15. The highest BCUT2D eigenvalue weighted by Crippen LogP contribution is 2.15. The molecule has 136 valence electrons. The number of pyridine rings is 1. The highest BCUT2D eigenvalue weighted by molar-refractivity contribution is 5.69. The van der Waals surface area contributed by atoms with Gasteiger partial charge in [0.25, 0.3) is 0 Å². The van der Waals surface area contributed by atoms with Gasteiger partial charge in [-0.05, 0) is 53.6 Å². The molecule has 1 aromatic heterocycles. The van der Waals surface area contributed by atoms with Gasteiger partial charge in [-0.3, -0.25) is 0 Å². The number of hydrogen-bond donors (Lipinski definition) is 0. The molecule has 2 aromatic carbocycles. The van der Waals surface area contributed by atoms with Crippen molar-refractivity contribution in [3.8, 4) is 11.5 Å².